The first-order chi connectivity index (χ1) is 20.3. The zero-order valence-electron chi connectivity index (χ0n) is 22.6. The molecule has 0 spiro atoms. The number of carbonyl (C=O) groups is 1. The largest absolute Gasteiger partial charge is 0.497 e. The Morgan fingerprint density at radius 2 is 1.42 bits per heavy atom. The van der Waals surface area contributed by atoms with Crippen molar-refractivity contribution >= 4 is 17.0 Å². The van der Waals surface area contributed by atoms with Gasteiger partial charge in [0.1, 0.15) is 11.6 Å². The van der Waals surface area contributed by atoms with Gasteiger partial charge in [0.05, 0.1) is 23.7 Å². The summed E-state index contributed by atoms with van der Waals surface area (Å²) < 4.78 is 76.1. The lowest BCUT2D eigenvalue weighted by Crippen LogP contribution is -2.21. The van der Waals surface area contributed by atoms with Crippen molar-refractivity contribution in [1.29, 1.82) is 0 Å². The molecular weight excluding hydrogens is 576 g/mol. The molecule has 5 aromatic rings. The molecule has 5 rings (SSSR count). The Labute approximate surface area is 242 Å². The van der Waals surface area contributed by atoms with Crippen LogP contribution in [0.25, 0.3) is 33.5 Å². The van der Waals surface area contributed by atoms with Crippen molar-refractivity contribution in [2.75, 3.05) is 7.11 Å². The fourth-order valence-electron chi connectivity index (χ4n) is 4.12. The van der Waals surface area contributed by atoms with Crippen LogP contribution in [0.3, 0.4) is 0 Å². The molecule has 1 heterocycles. The van der Waals surface area contributed by atoms with Crippen LogP contribution in [0.1, 0.15) is 16.7 Å². The molecule has 0 fully saturated rings. The van der Waals surface area contributed by atoms with Gasteiger partial charge in [0.25, 0.3) is 0 Å². The number of ether oxygens (including phenoxy) is 1. The summed E-state index contributed by atoms with van der Waals surface area (Å²) in [5.41, 5.74) is 5.33. The highest BCUT2D eigenvalue weighted by Crippen LogP contribution is 2.32. The molecule has 0 atom stereocenters. The number of aromatic amines is 1. The molecule has 0 radical (unpaired) electrons. The topological polar surface area (TPSA) is 87.2 Å². The number of aliphatic carboxylic acids is 1. The van der Waals surface area contributed by atoms with Crippen LogP contribution in [0.2, 0.25) is 0 Å². The number of fused-ring (bicyclic) bond motifs is 1. The molecule has 4 aromatic carbocycles. The predicted molar refractivity (Wildman–Crippen MR) is 149 cm³/mol. The maximum Gasteiger partial charge on any atom is 0.490 e. The lowest BCUT2D eigenvalue weighted by Gasteiger charge is -2.09. The molecule has 6 nitrogen and oxygen atoms in total. The normalized spacial score (nSPS) is 11.6. The van der Waals surface area contributed by atoms with Gasteiger partial charge < -0.3 is 20.1 Å². The smallest absolute Gasteiger partial charge is 0.490 e. The molecule has 0 saturated heterocycles. The van der Waals surface area contributed by atoms with Crippen molar-refractivity contribution < 1.29 is 41.0 Å². The van der Waals surface area contributed by atoms with E-state index < -0.39 is 23.9 Å². The Balaban J connectivity index is 0.000000541. The van der Waals surface area contributed by atoms with Crippen LogP contribution < -0.4 is 10.1 Å². The molecule has 1 aromatic heterocycles. The lowest BCUT2D eigenvalue weighted by molar-refractivity contribution is -0.192. The van der Waals surface area contributed by atoms with Crippen LogP contribution in [-0.2, 0) is 24.1 Å². The number of hydrogen-bond acceptors (Lipinski definition) is 4. The fourth-order valence-corrected chi connectivity index (χ4v) is 4.12. The minimum Gasteiger partial charge on any atom is -0.497 e. The second-order valence-electron chi connectivity index (χ2n) is 9.35. The van der Waals surface area contributed by atoms with Crippen molar-refractivity contribution in [2.45, 2.75) is 25.4 Å². The molecule has 0 aliphatic carbocycles. The van der Waals surface area contributed by atoms with E-state index >= 15 is 0 Å². The first-order valence-corrected chi connectivity index (χ1v) is 12.7. The molecule has 0 unspecified atom stereocenters. The second-order valence-corrected chi connectivity index (χ2v) is 9.35. The third-order valence-corrected chi connectivity index (χ3v) is 6.27. The number of hydrogen-bond donors (Lipinski definition) is 3. The number of nitrogens with one attached hydrogen (secondary N) is 2. The zero-order valence-corrected chi connectivity index (χ0v) is 22.6. The number of H-pyrrole nitrogens is 1. The number of benzene rings is 4. The van der Waals surface area contributed by atoms with Gasteiger partial charge in [0, 0.05) is 18.7 Å². The average Bonchev–Trinajstić information content (AvgIpc) is 3.41. The monoisotopic (exact) mass is 601 g/mol. The van der Waals surface area contributed by atoms with E-state index in [0.29, 0.717) is 23.4 Å². The van der Waals surface area contributed by atoms with E-state index in [2.05, 4.69) is 27.4 Å². The van der Waals surface area contributed by atoms with Crippen LogP contribution in [-0.4, -0.2) is 34.3 Å². The van der Waals surface area contributed by atoms with Gasteiger partial charge in [-0.1, -0.05) is 48.5 Å². The van der Waals surface area contributed by atoms with Crippen molar-refractivity contribution in [3.8, 4) is 28.3 Å². The quantitative estimate of drug-likeness (QED) is 0.166. The van der Waals surface area contributed by atoms with Gasteiger partial charge >= 0.3 is 18.3 Å². The highest BCUT2D eigenvalue weighted by atomic mass is 19.4. The van der Waals surface area contributed by atoms with E-state index in [9.17, 15) is 26.3 Å². The van der Waals surface area contributed by atoms with Crippen molar-refractivity contribution in [2.24, 2.45) is 0 Å². The Morgan fingerprint density at radius 1 is 0.814 bits per heavy atom. The minimum atomic E-state index is -5.08. The summed E-state index contributed by atoms with van der Waals surface area (Å²) in [6.45, 7) is 1.45. The Morgan fingerprint density at radius 3 is 2.05 bits per heavy atom. The van der Waals surface area contributed by atoms with Gasteiger partial charge in [0.2, 0.25) is 0 Å². The third kappa shape index (κ3) is 8.35. The summed E-state index contributed by atoms with van der Waals surface area (Å²) in [4.78, 5) is 16.4. The SMILES string of the molecule is COc1ccc(CNCc2cccc(-c3cccc(-c4nc5ccc(C(F)(F)F)cc5[nH]4)c3)c2)cc1.O=C(O)C(F)(F)F. The number of imidazole rings is 1. The zero-order chi connectivity index (χ0) is 31.2. The van der Waals surface area contributed by atoms with Gasteiger partial charge in [-0.2, -0.15) is 26.3 Å². The first kappa shape index (κ1) is 31.1. The number of rotatable bonds is 7. The number of aromatic nitrogens is 2. The highest BCUT2D eigenvalue weighted by molar-refractivity contribution is 5.81. The molecule has 224 valence electrons. The second kappa shape index (κ2) is 13.0. The molecule has 0 amide bonds. The van der Waals surface area contributed by atoms with E-state index in [1.807, 2.05) is 60.7 Å². The van der Waals surface area contributed by atoms with E-state index in [1.54, 1.807) is 7.11 Å². The Hall–Kier alpha value is -4.84. The summed E-state index contributed by atoms with van der Waals surface area (Å²) in [7, 11) is 1.65. The third-order valence-electron chi connectivity index (χ3n) is 6.27. The number of nitrogens with zero attached hydrogens (tertiary/aromatic N) is 1. The Kier molecular flexibility index (Phi) is 9.40. The van der Waals surface area contributed by atoms with Crippen molar-refractivity contribution in [3.63, 3.8) is 0 Å². The minimum absolute atomic E-state index is 0.357. The standard InChI is InChI=1S/C29H24F3N3O.C2HF3O2/c1-36-25-11-8-19(9-12-25)17-33-18-20-4-2-5-21(14-20)22-6-3-7-23(15-22)28-34-26-13-10-24(29(30,31)32)16-27(26)35-28;3-2(4,5)1(6)7/h2-16,33H,17-18H2,1H3,(H,34,35);(H,6,7). The van der Waals surface area contributed by atoms with Crippen LogP contribution in [0.15, 0.2) is 91.0 Å². The summed E-state index contributed by atoms with van der Waals surface area (Å²) >= 11 is 0. The average molecular weight is 602 g/mol. The fraction of sp³-hybridized carbons (Fsp3) is 0.161. The Bertz CT molecular complexity index is 1700. The van der Waals surface area contributed by atoms with E-state index in [-0.39, 0.29) is 0 Å². The summed E-state index contributed by atoms with van der Waals surface area (Å²) in [5.74, 6) is -1.39. The number of halogens is 6. The molecule has 3 N–H and O–H groups in total. The first-order valence-electron chi connectivity index (χ1n) is 12.7. The van der Waals surface area contributed by atoms with Crippen LogP contribution in [0.4, 0.5) is 26.3 Å². The summed E-state index contributed by atoms with van der Waals surface area (Å²) in [6, 6.07) is 27.6. The number of alkyl halides is 6. The summed E-state index contributed by atoms with van der Waals surface area (Å²) in [6.07, 6.45) is -9.48. The molecule has 0 saturated carbocycles. The maximum absolute atomic E-state index is 13.1. The van der Waals surface area contributed by atoms with Gasteiger partial charge in [-0.3, -0.25) is 0 Å². The molecule has 0 bridgehead atoms. The van der Waals surface area contributed by atoms with Crippen molar-refractivity contribution in [3.05, 3.63) is 108 Å². The molecule has 43 heavy (non-hydrogen) atoms. The molecular formula is C31H25F6N3O3. The number of carboxylic acid groups (broad SMARTS) is 1. The number of methoxy groups -OCH3 is 1. The molecule has 12 heteroatoms. The summed E-state index contributed by atoms with van der Waals surface area (Å²) in [5, 5.41) is 10.6. The van der Waals surface area contributed by atoms with E-state index in [0.717, 1.165) is 46.7 Å². The molecule has 0 aliphatic heterocycles. The highest BCUT2D eigenvalue weighted by Gasteiger charge is 2.38. The van der Waals surface area contributed by atoms with E-state index in [4.69, 9.17) is 14.6 Å². The maximum atomic E-state index is 13.1. The lowest BCUT2D eigenvalue weighted by atomic mass is 10.0. The van der Waals surface area contributed by atoms with Crippen LogP contribution in [0.5, 0.6) is 5.75 Å². The van der Waals surface area contributed by atoms with Gasteiger partial charge in [0.15, 0.2) is 0 Å². The molecule has 0 aliphatic rings. The van der Waals surface area contributed by atoms with Crippen LogP contribution in [0, 0.1) is 0 Å². The van der Waals surface area contributed by atoms with Crippen LogP contribution >= 0.6 is 0 Å². The van der Waals surface area contributed by atoms with Crippen molar-refractivity contribution in [1.82, 2.24) is 15.3 Å². The van der Waals surface area contributed by atoms with Gasteiger partial charge in [-0.15, -0.1) is 0 Å². The van der Waals surface area contributed by atoms with Gasteiger partial charge in [-0.25, -0.2) is 9.78 Å². The predicted octanol–water partition coefficient (Wildman–Crippen LogP) is 7.85. The van der Waals surface area contributed by atoms with E-state index in [1.165, 1.54) is 11.6 Å². The van der Waals surface area contributed by atoms with Gasteiger partial charge in [-0.05, 0) is 64.7 Å². The number of carboxylic acids is 1.